The third-order valence-electron chi connectivity index (χ3n) is 3.56. The van der Waals surface area contributed by atoms with Crippen LogP contribution in [0.2, 0.25) is 0 Å². The van der Waals surface area contributed by atoms with Gasteiger partial charge in [0.05, 0.1) is 5.71 Å². The predicted octanol–water partition coefficient (Wildman–Crippen LogP) is 3.71. The van der Waals surface area contributed by atoms with Crippen LogP contribution in [0.3, 0.4) is 0 Å². The Bertz CT molecular complexity index is 842. The Kier molecular flexibility index (Phi) is 4.85. The molecule has 0 atom stereocenters. The first-order valence-electron chi connectivity index (χ1n) is 7.62. The number of nitrogens with one attached hydrogen (secondary N) is 1. The summed E-state index contributed by atoms with van der Waals surface area (Å²) >= 11 is 0. The Hall–Kier alpha value is -3.47. The fourth-order valence-electron chi connectivity index (χ4n) is 2.28. The maximum Gasteiger partial charge on any atom is 0.271 e. The van der Waals surface area contributed by atoms with Gasteiger partial charge in [0.2, 0.25) is 0 Å². The Morgan fingerprint density at radius 1 is 0.800 bits per heavy atom. The summed E-state index contributed by atoms with van der Waals surface area (Å²) in [5.41, 5.74) is 4.78. The Morgan fingerprint density at radius 3 is 1.96 bits per heavy atom. The third-order valence-corrected chi connectivity index (χ3v) is 3.56. The van der Waals surface area contributed by atoms with Gasteiger partial charge in [-0.3, -0.25) is 4.79 Å². The van der Waals surface area contributed by atoms with Gasteiger partial charge in [-0.15, -0.1) is 0 Å². The van der Waals surface area contributed by atoms with Crippen LogP contribution >= 0.6 is 0 Å². The van der Waals surface area contributed by atoms with Gasteiger partial charge in [0.25, 0.3) is 5.91 Å². The van der Waals surface area contributed by atoms with Gasteiger partial charge in [0, 0.05) is 16.7 Å². The molecule has 0 bridgehead atoms. The van der Waals surface area contributed by atoms with Gasteiger partial charge in [-0.05, 0) is 60.7 Å². The molecule has 0 aliphatic heterocycles. The van der Waals surface area contributed by atoms with Gasteiger partial charge in [-0.1, -0.05) is 18.2 Å². The molecule has 0 radical (unpaired) electrons. The smallest absolute Gasteiger partial charge is 0.271 e. The van der Waals surface area contributed by atoms with E-state index in [-0.39, 0.29) is 17.5 Å². The first-order valence-corrected chi connectivity index (χ1v) is 7.62. The van der Waals surface area contributed by atoms with Crippen molar-refractivity contribution in [2.45, 2.75) is 0 Å². The van der Waals surface area contributed by atoms with Crippen LogP contribution in [-0.4, -0.2) is 16.7 Å². The van der Waals surface area contributed by atoms with Gasteiger partial charge in [0.1, 0.15) is 11.6 Å². The van der Waals surface area contributed by atoms with Crippen LogP contribution in [0.1, 0.15) is 21.5 Å². The highest BCUT2D eigenvalue weighted by Gasteiger charge is 2.10. The van der Waals surface area contributed by atoms with E-state index in [2.05, 4.69) is 10.5 Å². The Morgan fingerprint density at radius 2 is 1.36 bits per heavy atom. The number of aromatic hydroxyl groups is 1. The van der Waals surface area contributed by atoms with Crippen molar-refractivity contribution in [2.75, 3.05) is 0 Å². The first-order chi connectivity index (χ1) is 12.1. The van der Waals surface area contributed by atoms with Crippen LogP contribution in [0, 0.1) is 5.82 Å². The molecule has 3 aromatic carbocycles. The summed E-state index contributed by atoms with van der Waals surface area (Å²) < 4.78 is 13.2. The highest BCUT2D eigenvalue weighted by atomic mass is 19.1. The number of amides is 1. The zero-order chi connectivity index (χ0) is 17.6. The molecule has 0 spiro atoms. The average Bonchev–Trinajstić information content (AvgIpc) is 2.65. The Balaban J connectivity index is 1.94. The second kappa shape index (κ2) is 7.40. The third kappa shape index (κ3) is 4.09. The summed E-state index contributed by atoms with van der Waals surface area (Å²) in [5.74, 6) is -0.586. The lowest BCUT2D eigenvalue weighted by Gasteiger charge is -2.08. The topological polar surface area (TPSA) is 61.7 Å². The molecular formula is C20H15FN2O2. The molecule has 0 saturated heterocycles. The number of carbonyl (C=O) groups is 1. The summed E-state index contributed by atoms with van der Waals surface area (Å²) in [7, 11) is 0. The van der Waals surface area contributed by atoms with Gasteiger partial charge < -0.3 is 5.11 Å². The van der Waals surface area contributed by atoms with Gasteiger partial charge in [-0.2, -0.15) is 5.10 Å². The van der Waals surface area contributed by atoms with Crippen molar-refractivity contribution in [1.29, 1.82) is 0 Å². The van der Waals surface area contributed by atoms with Gasteiger partial charge in [-0.25, -0.2) is 9.82 Å². The second-order valence-corrected chi connectivity index (χ2v) is 5.32. The number of nitrogens with zero attached hydrogens (tertiary/aromatic N) is 1. The number of benzene rings is 3. The van der Waals surface area contributed by atoms with E-state index in [9.17, 15) is 14.3 Å². The van der Waals surface area contributed by atoms with E-state index in [0.717, 1.165) is 0 Å². The van der Waals surface area contributed by atoms with E-state index in [0.29, 0.717) is 22.4 Å². The molecule has 1 amide bonds. The van der Waals surface area contributed by atoms with Crippen molar-refractivity contribution >= 4 is 11.6 Å². The number of rotatable bonds is 4. The standard InChI is InChI=1S/C20H15FN2O2/c21-17-10-6-14(7-11-17)19(15-8-12-18(24)13-9-15)22-23-20(25)16-4-2-1-3-5-16/h1-13,24H,(H,23,25). The molecular weight excluding hydrogens is 319 g/mol. The zero-order valence-corrected chi connectivity index (χ0v) is 13.2. The molecule has 2 N–H and O–H groups in total. The van der Waals surface area contributed by atoms with Crippen LogP contribution in [0.4, 0.5) is 4.39 Å². The lowest BCUT2D eigenvalue weighted by atomic mass is 10.0. The highest BCUT2D eigenvalue weighted by molar-refractivity contribution is 6.13. The van der Waals surface area contributed by atoms with Crippen molar-refractivity contribution in [3.05, 3.63) is 101 Å². The maximum absolute atomic E-state index is 13.2. The van der Waals surface area contributed by atoms with E-state index >= 15 is 0 Å². The van der Waals surface area contributed by atoms with Crippen LogP contribution in [-0.2, 0) is 0 Å². The van der Waals surface area contributed by atoms with Crippen molar-refractivity contribution < 1.29 is 14.3 Å². The SMILES string of the molecule is O=C(NN=C(c1ccc(O)cc1)c1ccc(F)cc1)c1ccccc1. The monoisotopic (exact) mass is 334 g/mol. The molecule has 3 rings (SSSR count). The minimum absolute atomic E-state index is 0.121. The van der Waals surface area contributed by atoms with Crippen LogP contribution < -0.4 is 5.43 Å². The molecule has 25 heavy (non-hydrogen) atoms. The number of phenolic OH excluding ortho intramolecular Hbond substituents is 1. The lowest BCUT2D eigenvalue weighted by molar-refractivity contribution is 0.0955. The summed E-state index contributed by atoms with van der Waals surface area (Å²) in [6, 6.07) is 20.9. The number of phenols is 1. The number of hydrogen-bond acceptors (Lipinski definition) is 3. The largest absolute Gasteiger partial charge is 0.508 e. The fraction of sp³-hybridized carbons (Fsp3) is 0. The van der Waals surface area contributed by atoms with Crippen LogP contribution in [0.5, 0.6) is 5.75 Å². The summed E-state index contributed by atoms with van der Waals surface area (Å²) in [6.07, 6.45) is 0. The molecule has 0 heterocycles. The average molecular weight is 334 g/mol. The molecule has 0 unspecified atom stereocenters. The first kappa shape index (κ1) is 16.4. The number of hydrazone groups is 1. The summed E-state index contributed by atoms with van der Waals surface area (Å²) in [5, 5.41) is 13.7. The van der Waals surface area contributed by atoms with E-state index < -0.39 is 0 Å². The van der Waals surface area contributed by atoms with Crippen LogP contribution in [0.25, 0.3) is 0 Å². The number of hydrogen-bond donors (Lipinski definition) is 2. The number of carbonyl (C=O) groups excluding carboxylic acids is 1. The fourth-order valence-corrected chi connectivity index (χ4v) is 2.28. The van der Waals surface area contributed by atoms with E-state index in [4.69, 9.17) is 0 Å². The van der Waals surface area contributed by atoms with Crippen LogP contribution in [0.15, 0.2) is 84.0 Å². The lowest BCUT2D eigenvalue weighted by Crippen LogP contribution is -2.20. The van der Waals surface area contributed by atoms with Crippen molar-refractivity contribution in [3.63, 3.8) is 0 Å². The van der Waals surface area contributed by atoms with Crippen molar-refractivity contribution in [1.82, 2.24) is 5.43 Å². The highest BCUT2D eigenvalue weighted by Crippen LogP contribution is 2.15. The van der Waals surface area contributed by atoms with E-state index in [1.807, 2.05) is 6.07 Å². The summed E-state index contributed by atoms with van der Waals surface area (Å²) in [4.78, 5) is 12.2. The second-order valence-electron chi connectivity index (χ2n) is 5.32. The minimum atomic E-state index is -0.359. The molecule has 4 nitrogen and oxygen atoms in total. The molecule has 124 valence electrons. The molecule has 0 saturated carbocycles. The number of halogens is 1. The maximum atomic E-state index is 13.2. The molecule has 0 aromatic heterocycles. The van der Waals surface area contributed by atoms with Gasteiger partial charge >= 0.3 is 0 Å². The Labute approximate surface area is 144 Å². The molecule has 5 heteroatoms. The zero-order valence-electron chi connectivity index (χ0n) is 13.2. The molecule has 0 aliphatic carbocycles. The minimum Gasteiger partial charge on any atom is -0.508 e. The van der Waals surface area contributed by atoms with E-state index in [1.165, 1.54) is 24.3 Å². The van der Waals surface area contributed by atoms with Gasteiger partial charge in [0.15, 0.2) is 0 Å². The molecule has 0 fully saturated rings. The van der Waals surface area contributed by atoms with Crippen molar-refractivity contribution in [2.24, 2.45) is 5.10 Å². The molecule has 0 aliphatic rings. The molecule has 3 aromatic rings. The quantitative estimate of drug-likeness (QED) is 0.564. The van der Waals surface area contributed by atoms with E-state index in [1.54, 1.807) is 48.5 Å². The normalized spacial score (nSPS) is 11.2. The summed E-state index contributed by atoms with van der Waals surface area (Å²) in [6.45, 7) is 0. The van der Waals surface area contributed by atoms with Crippen molar-refractivity contribution in [3.8, 4) is 5.75 Å². The predicted molar refractivity (Wildman–Crippen MR) is 94.1 cm³/mol.